The van der Waals surface area contributed by atoms with Crippen LogP contribution in [0, 0.1) is 0 Å². The molecule has 0 aliphatic rings. The van der Waals surface area contributed by atoms with Crippen LogP contribution >= 0.6 is 11.6 Å². The molecule has 1 N–H and O–H groups in total. The van der Waals surface area contributed by atoms with Crippen LogP contribution in [-0.2, 0) is 12.6 Å². The Labute approximate surface area is 157 Å². The van der Waals surface area contributed by atoms with Gasteiger partial charge >= 0.3 is 12.1 Å². The second-order valence-electron chi connectivity index (χ2n) is 5.60. The van der Waals surface area contributed by atoms with Crippen molar-refractivity contribution in [3.8, 4) is 11.4 Å². The van der Waals surface area contributed by atoms with Crippen molar-refractivity contribution in [2.24, 2.45) is 0 Å². The van der Waals surface area contributed by atoms with Crippen molar-refractivity contribution in [1.29, 1.82) is 0 Å². The first-order valence-electron chi connectivity index (χ1n) is 7.87. The second kappa shape index (κ2) is 7.79. The fraction of sp³-hybridized carbons (Fsp3) is 0.167. The molecule has 0 unspecified atom stereocenters. The van der Waals surface area contributed by atoms with E-state index < -0.39 is 12.1 Å². The van der Waals surface area contributed by atoms with Gasteiger partial charge in [0.2, 0.25) is 5.82 Å². The van der Waals surface area contributed by atoms with Crippen LogP contribution in [-0.4, -0.2) is 22.6 Å². The van der Waals surface area contributed by atoms with Crippen molar-refractivity contribution in [2.75, 3.05) is 6.54 Å². The molecule has 0 aliphatic heterocycles. The molecule has 1 aromatic heterocycles. The lowest BCUT2D eigenvalue weighted by molar-refractivity contribution is -0.159. The van der Waals surface area contributed by atoms with E-state index >= 15 is 0 Å². The number of benzene rings is 2. The minimum absolute atomic E-state index is 0.138. The smallest absolute Gasteiger partial charge is 0.352 e. The Balaban J connectivity index is 1.57. The van der Waals surface area contributed by atoms with Crippen molar-refractivity contribution in [3.05, 3.63) is 70.6 Å². The van der Waals surface area contributed by atoms with E-state index in [1.807, 2.05) is 0 Å². The average molecular weight is 396 g/mol. The Morgan fingerprint density at radius 2 is 1.81 bits per heavy atom. The van der Waals surface area contributed by atoms with Crippen molar-refractivity contribution in [2.45, 2.75) is 12.6 Å². The fourth-order valence-corrected chi connectivity index (χ4v) is 2.56. The molecule has 140 valence electrons. The predicted molar refractivity (Wildman–Crippen MR) is 92.2 cm³/mol. The van der Waals surface area contributed by atoms with E-state index in [1.165, 1.54) is 0 Å². The molecule has 0 atom stereocenters. The number of alkyl halides is 3. The molecular formula is C18H13ClF3N3O2. The van der Waals surface area contributed by atoms with Gasteiger partial charge in [-0.3, -0.25) is 4.79 Å². The molecule has 1 heterocycles. The van der Waals surface area contributed by atoms with Gasteiger partial charge in [-0.05, 0) is 24.1 Å². The number of hydrogen-bond donors (Lipinski definition) is 1. The van der Waals surface area contributed by atoms with Crippen molar-refractivity contribution in [1.82, 2.24) is 15.5 Å². The highest BCUT2D eigenvalue weighted by atomic mass is 35.5. The summed E-state index contributed by atoms with van der Waals surface area (Å²) in [7, 11) is 0. The van der Waals surface area contributed by atoms with Crippen LogP contribution in [0.5, 0.6) is 0 Å². The molecule has 3 aromatic rings. The van der Waals surface area contributed by atoms with Crippen LogP contribution in [0.1, 0.15) is 21.8 Å². The van der Waals surface area contributed by atoms with Gasteiger partial charge in [0.05, 0.1) is 10.6 Å². The highest BCUT2D eigenvalue weighted by Gasteiger charge is 2.38. The molecule has 0 bridgehead atoms. The summed E-state index contributed by atoms with van der Waals surface area (Å²) in [5, 5.41) is 6.47. The monoisotopic (exact) mass is 395 g/mol. The molecule has 0 fully saturated rings. The van der Waals surface area contributed by atoms with E-state index in [4.69, 9.17) is 11.6 Å². The summed E-state index contributed by atoms with van der Waals surface area (Å²) >= 11 is 5.97. The summed E-state index contributed by atoms with van der Waals surface area (Å²) in [5.41, 5.74) is 1.68. The largest absolute Gasteiger partial charge is 0.471 e. The standard InChI is InChI=1S/C18H13ClF3N3O2/c19-14-4-2-1-3-13(14)16(26)23-10-9-11-5-7-12(8-6-11)15-24-17(27-25-15)18(20,21)22/h1-8H,9-10H2,(H,23,26). The Kier molecular flexibility index (Phi) is 5.46. The van der Waals surface area contributed by atoms with Crippen LogP contribution in [0.3, 0.4) is 0 Å². The number of amides is 1. The zero-order valence-corrected chi connectivity index (χ0v) is 14.5. The second-order valence-corrected chi connectivity index (χ2v) is 6.01. The van der Waals surface area contributed by atoms with Crippen LogP contribution in [0.25, 0.3) is 11.4 Å². The van der Waals surface area contributed by atoms with E-state index in [1.54, 1.807) is 48.5 Å². The number of rotatable bonds is 5. The third-order valence-electron chi connectivity index (χ3n) is 3.70. The molecule has 9 heteroatoms. The Bertz CT molecular complexity index is 940. The third kappa shape index (κ3) is 4.65. The molecule has 3 rings (SSSR count). The van der Waals surface area contributed by atoms with Gasteiger partial charge in [0, 0.05) is 12.1 Å². The van der Waals surface area contributed by atoms with E-state index in [9.17, 15) is 18.0 Å². The zero-order valence-electron chi connectivity index (χ0n) is 13.8. The van der Waals surface area contributed by atoms with Crippen molar-refractivity contribution in [3.63, 3.8) is 0 Å². The number of aromatic nitrogens is 2. The molecule has 0 saturated heterocycles. The van der Waals surface area contributed by atoms with Gasteiger partial charge in [-0.15, -0.1) is 0 Å². The topological polar surface area (TPSA) is 68.0 Å². The van der Waals surface area contributed by atoms with Gasteiger partial charge in [-0.1, -0.05) is 53.2 Å². The minimum atomic E-state index is -4.68. The molecule has 2 aromatic carbocycles. The summed E-state index contributed by atoms with van der Waals surface area (Å²) in [5.74, 6) is -1.80. The first kappa shape index (κ1) is 18.9. The van der Waals surface area contributed by atoms with Crippen LogP contribution < -0.4 is 5.32 Å². The first-order chi connectivity index (χ1) is 12.8. The maximum atomic E-state index is 12.5. The van der Waals surface area contributed by atoms with E-state index in [-0.39, 0.29) is 11.7 Å². The summed E-state index contributed by atoms with van der Waals surface area (Å²) in [4.78, 5) is 15.4. The number of nitrogens with one attached hydrogen (secondary N) is 1. The lowest BCUT2D eigenvalue weighted by Crippen LogP contribution is -2.25. The lowest BCUT2D eigenvalue weighted by atomic mass is 10.1. The number of carbonyl (C=O) groups is 1. The lowest BCUT2D eigenvalue weighted by Gasteiger charge is -2.07. The fourth-order valence-electron chi connectivity index (χ4n) is 2.34. The van der Waals surface area contributed by atoms with Gasteiger partial charge < -0.3 is 9.84 Å². The molecule has 0 saturated carbocycles. The van der Waals surface area contributed by atoms with Crippen molar-refractivity contribution < 1.29 is 22.5 Å². The van der Waals surface area contributed by atoms with Gasteiger partial charge in [-0.2, -0.15) is 18.2 Å². The van der Waals surface area contributed by atoms with Crippen LogP contribution in [0.4, 0.5) is 13.2 Å². The highest BCUT2D eigenvalue weighted by molar-refractivity contribution is 6.33. The van der Waals surface area contributed by atoms with E-state index in [0.717, 1.165) is 5.56 Å². The maximum absolute atomic E-state index is 12.5. The van der Waals surface area contributed by atoms with Gasteiger partial charge in [0.1, 0.15) is 0 Å². The molecular weight excluding hydrogens is 383 g/mol. The molecule has 27 heavy (non-hydrogen) atoms. The predicted octanol–water partition coefficient (Wildman–Crippen LogP) is 4.38. The molecule has 0 aliphatic carbocycles. The van der Waals surface area contributed by atoms with Crippen LogP contribution in [0.15, 0.2) is 53.1 Å². The number of hydrogen-bond acceptors (Lipinski definition) is 4. The summed E-state index contributed by atoms with van der Waals surface area (Å²) in [6.45, 7) is 0.379. The van der Waals surface area contributed by atoms with Crippen molar-refractivity contribution >= 4 is 17.5 Å². The Hall–Kier alpha value is -2.87. The van der Waals surface area contributed by atoms with Gasteiger partial charge in [-0.25, -0.2) is 0 Å². The maximum Gasteiger partial charge on any atom is 0.471 e. The molecule has 0 radical (unpaired) electrons. The quantitative estimate of drug-likeness (QED) is 0.696. The number of carbonyl (C=O) groups excluding carboxylic acids is 1. The number of halogens is 4. The minimum Gasteiger partial charge on any atom is -0.352 e. The highest BCUT2D eigenvalue weighted by Crippen LogP contribution is 2.29. The summed E-state index contributed by atoms with van der Waals surface area (Å²) in [6.07, 6.45) is -4.14. The first-order valence-corrected chi connectivity index (χ1v) is 8.25. The molecule has 1 amide bonds. The van der Waals surface area contributed by atoms with Gasteiger partial charge in [0.25, 0.3) is 5.91 Å². The SMILES string of the molecule is O=C(NCCc1ccc(-c2noc(C(F)(F)F)n2)cc1)c1ccccc1Cl. The third-order valence-corrected chi connectivity index (χ3v) is 4.03. The summed E-state index contributed by atoms with van der Waals surface area (Å²) in [6, 6.07) is 13.4. The Morgan fingerprint density at radius 3 is 2.44 bits per heavy atom. The van der Waals surface area contributed by atoms with Gasteiger partial charge in [0.15, 0.2) is 0 Å². The molecule has 5 nitrogen and oxygen atoms in total. The molecule has 0 spiro atoms. The average Bonchev–Trinajstić information content (AvgIpc) is 3.13. The van der Waals surface area contributed by atoms with E-state index in [0.29, 0.717) is 29.1 Å². The number of nitrogens with zero attached hydrogens (tertiary/aromatic N) is 2. The van der Waals surface area contributed by atoms with Crippen LogP contribution in [0.2, 0.25) is 5.02 Å². The summed E-state index contributed by atoms with van der Waals surface area (Å²) < 4.78 is 41.7. The zero-order chi connectivity index (χ0) is 19.4. The Morgan fingerprint density at radius 1 is 1.11 bits per heavy atom. The van der Waals surface area contributed by atoms with E-state index in [2.05, 4.69) is 20.0 Å². The normalized spacial score (nSPS) is 11.4.